The molecule has 0 fully saturated rings. The van der Waals surface area contributed by atoms with E-state index in [4.69, 9.17) is 5.11 Å². The number of thiazole rings is 1. The second-order valence-corrected chi connectivity index (χ2v) is 7.26. The smallest absolute Gasteiger partial charge is 0.179 e. The minimum Gasteiger partial charge on any atom is -0.396 e. The van der Waals surface area contributed by atoms with E-state index in [-0.39, 0.29) is 6.61 Å². The number of benzene rings is 1. The molecule has 134 valence electrons. The molecule has 0 amide bonds. The van der Waals surface area contributed by atoms with E-state index in [0.717, 1.165) is 37.0 Å². The van der Waals surface area contributed by atoms with Gasteiger partial charge in [0, 0.05) is 19.6 Å². The van der Waals surface area contributed by atoms with Crippen molar-refractivity contribution in [2.75, 3.05) is 6.61 Å². The van der Waals surface area contributed by atoms with Gasteiger partial charge in [0.2, 0.25) is 0 Å². The molecule has 25 heavy (non-hydrogen) atoms. The predicted molar refractivity (Wildman–Crippen MR) is 98.6 cm³/mol. The molecule has 0 saturated heterocycles. The quantitative estimate of drug-likeness (QED) is 0.573. The summed E-state index contributed by atoms with van der Waals surface area (Å²) in [5, 5.41) is 24.2. The summed E-state index contributed by atoms with van der Waals surface area (Å²) in [6, 6.07) is 8.22. The van der Waals surface area contributed by atoms with Crippen LogP contribution in [0.1, 0.15) is 48.9 Å². The Hall–Kier alpha value is -1.83. The van der Waals surface area contributed by atoms with Gasteiger partial charge < -0.3 is 10.2 Å². The van der Waals surface area contributed by atoms with E-state index in [9.17, 15) is 5.11 Å². The average molecular weight is 360 g/mol. The first kappa shape index (κ1) is 18.0. The summed E-state index contributed by atoms with van der Waals surface area (Å²) in [4.78, 5) is 9.12. The molecule has 1 atom stereocenters. The molecule has 1 aromatic carbocycles. The molecule has 3 aromatic rings. The predicted octanol–water partition coefficient (Wildman–Crippen LogP) is 2.89. The fraction of sp³-hybridized carbons (Fsp3) is 0.500. The first-order valence-corrected chi connectivity index (χ1v) is 9.56. The van der Waals surface area contributed by atoms with Crippen molar-refractivity contribution in [2.24, 2.45) is 0 Å². The highest BCUT2D eigenvalue weighted by Gasteiger charge is 2.13. The van der Waals surface area contributed by atoms with Gasteiger partial charge >= 0.3 is 0 Å². The van der Waals surface area contributed by atoms with Crippen LogP contribution in [-0.2, 0) is 19.4 Å². The molecule has 0 bridgehead atoms. The number of para-hydroxylation sites is 1. The first-order chi connectivity index (χ1) is 12.2. The molecule has 0 spiro atoms. The standard InChI is InChI=1S/C18H24N4O2S/c1-13(24)18-20-16(22(21-18)11-6-12-23)9-4-5-10-17-19-14-7-2-3-8-15(14)25-17/h2-3,7-8,13,23-24H,4-6,9-12H2,1H3. The number of nitrogens with zero attached hydrogens (tertiary/aromatic N) is 4. The normalized spacial score (nSPS) is 12.8. The number of aryl methyl sites for hydroxylation is 3. The highest BCUT2D eigenvalue weighted by atomic mass is 32.1. The number of aliphatic hydroxyl groups excluding tert-OH is 2. The van der Waals surface area contributed by atoms with Crippen molar-refractivity contribution >= 4 is 21.6 Å². The summed E-state index contributed by atoms with van der Waals surface area (Å²) in [7, 11) is 0. The minimum absolute atomic E-state index is 0.126. The van der Waals surface area contributed by atoms with Crippen LogP contribution in [0.3, 0.4) is 0 Å². The fourth-order valence-electron chi connectivity index (χ4n) is 2.74. The number of hydrogen-bond acceptors (Lipinski definition) is 6. The van der Waals surface area contributed by atoms with Crippen LogP contribution in [0.5, 0.6) is 0 Å². The Morgan fingerprint density at radius 1 is 1.12 bits per heavy atom. The summed E-state index contributed by atoms with van der Waals surface area (Å²) in [6.45, 7) is 2.42. The lowest BCUT2D eigenvalue weighted by Crippen LogP contribution is -2.07. The third-order valence-corrected chi connectivity index (χ3v) is 5.14. The van der Waals surface area contributed by atoms with E-state index in [1.54, 1.807) is 18.3 Å². The number of rotatable bonds is 9. The van der Waals surface area contributed by atoms with Crippen LogP contribution in [0, 0.1) is 0 Å². The van der Waals surface area contributed by atoms with Crippen molar-refractivity contribution in [3.8, 4) is 0 Å². The van der Waals surface area contributed by atoms with E-state index in [2.05, 4.69) is 27.2 Å². The van der Waals surface area contributed by atoms with Gasteiger partial charge in [-0.05, 0) is 44.7 Å². The third kappa shape index (κ3) is 4.62. The minimum atomic E-state index is -0.670. The fourth-order valence-corrected chi connectivity index (χ4v) is 3.75. The van der Waals surface area contributed by atoms with Gasteiger partial charge in [-0.15, -0.1) is 11.3 Å². The molecule has 0 aliphatic heterocycles. The van der Waals surface area contributed by atoms with Crippen LogP contribution in [-0.4, -0.2) is 36.6 Å². The molecule has 7 heteroatoms. The van der Waals surface area contributed by atoms with Gasteiger partial charge in [0.1, 0.15) is 11.9 Å². The summed E-state index contributed by atoms with van der Waals surface area (Å²) in [6.07, 6.45) is 3.78. The van der Waals surface area contributed by atoms with Crippen molar-refractivity contribution in [1.82, 2.24) is 19.7 Å². The number of aromatic nitrogens is 4. The molecule has 2 N–H and O–H groups in total. The third-order valence-electron chi connectivity index (χ3n) is 4.05. The number of aliphatic hydroxyl groups is 2. The van der Waals surface area contributed by atoms with Crippen LogP contribution >= 0.6 is 11.3 Å². The van der Waals surface area contributed by atoms with Gasteiger partial charge in [0.25, 0.3) is 0 Å². The molecule has 2 heterocycles. The van der Waals surface area contributed by atoms with E-state index < -0.39 is 6.10 Å². The molecule has 6 nitrogen and oxygen atoms in total. The maximum Gasteiger partial charge on any atom is 0.179 e. The Bertz CT molecular complexity index is 779. The van der Waals surface area contributed by atoms with Gasteiger partial charge in [-0.3, -0.25) is 0 Å². The lowest BCUT2D eigenvalue weighted by Gasteiger charge is -2.04. The monoisotopic (exact) mass is 360 g/mol. The summed E-state index contributed by atoms with van der Waals surface area (Å²) < 4.78 is 3.05. The zero-order valence-corrected chi connectivity index (χ0v) is 15.2. The van der Waals surface area contributed by atoms with Gasteiger partial charge in [-0.2, -0.15) is 5.10 Å². The summed E-state index contributed by atoms with van der Waals surface area (Å²) in [5.74, 6) is 1.34. The second kappa shape index (κ2) is 8.51. The van der Waals surface area contributed by atoms with Crippen molar-refractivity contribution in [3.05, 3.63) is 40.9 Å². The van der Waals surface area contributed by atoms with Crippen molar-refractivity contribution in [3.63, 3.8) is 0 Å². The lowest BCUT2D eigenvalue weighted by atomic mass is 10.2. The molecule has 0 saturated carbocycles. The van der Waals surface area contributed by atoms with Gasteiger partial charge in [0.05, 0.1) is 15.2 Å². The zero-order chi connectivity index (χ0) is 17.6. The zero-order valence-electron chi connectivity index (χ0n) is 14.4. The van der Waals surface area contributed by atoms with Crippen molar-refractivity contribution in [2.45, 2.75) is 51.7 Å². The van der Waals surface area contributed by atoms with Crippen LogP contribution < -0.4 is 0 Å². The van der Waals surface area contributed by atoms with E-state index in [1.807, 2.05) is 16.8 Å². The second-order valence-electron chi connectivity index (χ2n) is 6.14. The highest BCUT2D eigenvalue weighted by Crippen LogP contribution is 2.23. The van der Waals surface area contributed by atoms with Crippen LogP contribution in [0.2, 0.25) is 0 Å². The summed E-state index contributed by atoms with van der Waals surface area (Å²) in [5.41, 5.74) is 1.08. The Kier molecular flexibility index (Phi) is 6.12. The summed E-state index contributed by atoms with van der Waals surface area (Å²) >= 11 is 1.76. The average Bonchev–Trinajstić information content (AvgIpc) is 3.20. The van der Waals surface area contributed by atoms with Crippen molar-refractivity contribution in [1.29, 1.82) is 0 Å². The molecular weight excluding hydrogens is 336 g/mol. The Morgan fingerprint density at radius 3 is 2.68 bits per heavy atom. The van der Waals surface area contributed by atoms with E-state index in [0.29, 0.717) is 18.8 Å². The van der Waals surface area contributed by atoms with Crippen LogP contribution in [0.15, 0.2) is 24.3 Å². The molecule has 1 unspecified atom stereocenters. The number of unbranched alkanes of at least 4 members (excludes halogenated alkanes) is 1. The molecule has 2 aromatic heterocycles. The number of hydrogen-bond donors (Lipinski definition) is 2. The number of fused-ring (bicyclic) bond motifs is 1. The van der Waals surface area contributed by atoms with Crippen molar-refractivity contribution < 1.29 is 10.2 Å². The molecule has 3 rings (SSSR count). The Labute approximate surface area is 151 Å². The van der Waals surface area contributed by atoms with Gasteiger partial charge in [0.15, 0.2) is 5.82 Å². The topological polar surface area (TPSA) is 84.1 Å². The first-order valence-electron chi connectivity index (χ1n) is 8.74. The largest absolute Gasteiger partial charge is 0.396 e. The molecule has 0 aliphatic rings. The lowest BCUT2D eigenvalue weighted by molar-refractivity contribution is 0.188. The molecular formula is C18H24N4O2S. The molecule has 0 aliphatic carbocycles. The van der Waals surface area contributed by atoms with Gasteiger partial charge in [-0.25, -0.2) is 14.6 Å². The SMILES string of the molecule is CC(O)c1nc(CCCCc2nc3ccccc3s2)n(CCCO)n1. The highest BCUT2D eigenvalue weighted by molar-refractivity contribution is 7.18. The van der Waals surface area contributed by atoms with E-state index in [1.165, 1.54) is 9.71 Å². The van der Waals surface area contributed by atoms with Crippen LogP contribution in [0.4, 0.5) is 0 Å². The maximum absolute atomic E-state index is 9.68. The van der Waals surface area contributed by atoms with Gasteiger partial charge in [-0.1, -0.05) is 12.1 Å². The maximum atomic E-state index is 9.68. The van der Waals surface area contributed by atoms with E-state index >= 15 is 0 Å². The van der Waals surface area contributed by atoms with Crippen LogP contribution in [0.25, 0.3) is 10.2 Å². The Balaban J connectivity index is 1.55. The Morgan fingerprint density at radius 2 is 1.92 bits per heavy atom. The molecule has 0 radical (unpaired) electrons.